The van der Waals surface area contributed by atoms with Gasteiger partial charge in [-0.3, -0.25) is 4.79 Å². The maximum Gasteiger partial charge on any atom is 0.351 e. The molecule has 0 unspecified atom stereocenters. The quantitative estimate of drug-likeness (QED) is 0.364. The third kappa shape index (κ3) is 4.48. The van der Waals surface area contributed by atoms with Crippen LogP contribution < -0.4 is 15.7 Å². The summed E-state index contributed by atoms with van der Waals surface area (Å²) in [6, 6.07) is 20.1. The van der Waals surface area contributed by atoms with Crippen molar-refractivity contribution in [2.75, 3.05) is 5.32 Å². The molecule has 0 aliphatic heterocycles. The molecule has 0 saturated carbocycles. The smallest absolute Gasteiger partial charge is 0.351 e. The Kier molecular flexibility index (Phi) is 5.96. The van der Waals surface area contributed by atoms with E-state index >= 15 is 0 Å². The van der Waals surface area contributed by atoms with Gasteiger partial charge in [0.25, 0.3) is 5.88 Å². The summed E-state index contributed by atoms with van der Waals surface area (Å²) in [5.74, 6) is 0.341. The summed E-state index contributed by atoms with van der Waals surface area (Å²) < 4.78 is 8.55. The Balaban J connectivity index is 1.54. The lowest BCUT2D eigenvalue weighted by Gasteiger charge is -2.08. The Morgan fingerprint density at radius 1 is 1.09 bits per heavy atom. The highest BCUT2D eigenvalue weighted by Crippen LogP contribution is 2.26. The molecule has 8 nitrogen and oxygen atoms in total. The predicted octanol–water partition coefficient (Wildman–Crippen LogP) is 5.00. The highest BCUT2D eigenvalue weighted by Gasteiger charge is 2.19. The molecule has 5 rings (SSSR count). The maximum atomic E-state index is 13.3. The van der Waals surface area contributed by atoms with Crippen LogP contribution in [0.1, 0.15) is 18.1 Å². The number of anilines is 1. The number of hydrogen-bond acceptors (Lipinski definition) is 5. The number of ether oxygens (including phenoxy) is 1. The minimum atomic E-state index is -0.470. The molecule has 0 spiro atoms. The molecule has 3 aromatic carbocycles. The van der Waals surface area contributed by atoms with Crippen molar-refractivity contribution in [3.05, 3.63) is 93.4 Å². The summed E-state index contributed by atoms with van der Waals surface area (Å²) in [4.78, 5) is 30.7. The zero-order chi connectivity index (χ0) is 24.5. The van der Waals surface area contributed by atoms with Crippen molar-refractivity contribution < 1.29 is 9.53 Å². The molecule has 0 aliphatic rings. The van der Waals surface area contributed by atoms with Crippen molar-refractivity contribution in [1.82, 2.24) is 19.2 Å². The largest absolute Gasteiger partial charge is 0.436 e. The summed E-state index contributed by atoms with van der Waals surface area (Å²) in [5, 5.41) is 7.70. The van der Waals surface area contributed by atoms with E-state index in [0.717, 1.165) is 16.7 Å². The number of aryl methyl sites for hydroxylation is 2. The standard InChI is InChI=1S/C26H22ClN5O3/c1-3-17-9-12-19(13-10-17)35-25-24-30-31(15-23(33)28-21-14-18(27)11-8-16(21)2)26(34)32(24)22-7-5-4-6-20(22)29-25/h4-14H,3,15H2,1-2H3,(H,28,33). The number of aromatic nitrogens is 4. The van der Waals surface area contributed by atoms with Gasteiger partial charge in [-0.1, -0.05) is 48.9 Å². The van der Waals surface area contributed by atoms with Crippen LogP contribution in [0.15, 0.2) is 71.5 Å². The third-order valence-corrected chi connectivity index (χ3v) is 5.92. The minimum Gasteiger partial charge on any atom is -0.436 e. The first-order valence-corrected chi connectivity index (χ1v) is 11.5. The monoisotopic (exact) mass is 487 g/mol. The highest BCUT2D eigenvalue weighted by molar-refractivity contribution is 6.31. The average Bonchev–Trinajstić information content (AvgIpc) is 3.18. The van der Waals surface area contributed by atoms with Gasteiger partial charge in [0.15, 0.2) is 0 Å². The van der Waals surface area contributed by atoms with Crippen molar-refractivity contribution in [1.29, 1.82) is 0 Å². The Morgan fingerprint density at radius 2 is 1.86 bits per heavy atom. The highest BCUT2D eigenvalue weighted by atomic mass is 35.5. The number of carbonyl (C=O) groups excluding carboxylic acids is 1. The Morgan fingerprint density at radius 3 is 2.63 bits per heavy atom. The van der Waals surface area contributed by atoms with Crippen LogP contribution in [0.4, 0.5) is 5.69 Å². The van der Waals surface area contributed by atoms with E-state index in [0.29, 0.717) is 27.5 Å². The van der Waals surface area contributed by atoms with Crippen LogP contribution in [-0.2, 0) is 17.8 Å². The van der Waals surface area contributed by atoms with Gasteiger partial charge in [-0.05, 0) is 60.9 Å². The van der Waals surface area contributed by atoms with E-state index in [1.807, 2.05) is 49.4 Å². The molecule has 0 fully saturated rings. The van der Waals surface area contributed by atoms with Crippen molar-refractivity contribution >= 4 is 39.9 Å². The molecule has 2 aromatic heterocycles. The van der Waals surface area contributed by atoms with Gasteiger partial charge in [0.05, 0.1) is 11.0 Å². The molecule has 5 aromatic rings. The molecule has 176 valence electrons. The van der Waals surface area contributed by atoms with E-state index in [1.165, 1.54) is 9.96 Å². The molecular formula is C26H22ClN5O3. The van der Waals surface area contributed by atoms with E-state index in [1.54, 1.807) is 24.3 Å². The van der Waals surface area contributed by atoms with Crippen LogP contribution in [0.2, 0.25) is 5.02 Å². The molecule has 0 atom stereocenters. The zero-order valence-electron chi connectivity index (χ0n) is 19.2. The van der Waals surface area contributed by atoms with E-state index in [4.69, 9.17) is 16.3 Å². The SMILES string of the molecule is CCc1ccc(Oc2nc3ccccc3n3c(=O)n(CC(=O)Nc4cc(Cl)ccc4C)nc23)cc1. The van der Waals surface area contributed by atoms with Crippen LogP contribution in [-0.4, -0.2) is 25.1 Å². The molecule has 0 aliphatic carbocycles. The second kappa shape index (κ2) is 9.23. The van der Waals surface area contributed by atoms with Gasteiger partial charge in [0, 0.05) is 10.7 Å². The van der Waals surface area contributed by atoms with Crippen LogP contribution in [0.3, 0.4) is 0 Å². The van der Waals surface area contributed by atoms with Gasteiger partial charge < -0.3 is 10.1 Å². The summed E-state index contributed by atoms with van der Waals surface area (Å²) >= 11 is 6.05. The molecular weight excluding hydrogens is 466 g/mol. The average molecular weight is 488 g/mol. The van der Waals surface area contributed by atoms with E-state index in [-0.39, 0.29) is 18.1 Å². The fourth-order valence-corrected chi connectivity index (χ4v) is 3.97. The third-order valence-electron chi connectivity index (χ3n) is 5.69. The van der Waals surface area contributed by atoms with Crippen LogP contribution in [0.5, 0.6) is 11.6 Å². The molecule has 0 saturated heterocycles. The normalized spacial score (nSPS) is 11.2. The first kappa shape index (κ1) is 22.6. The number of para-hydroxylation sites is 2. The molecule has 0 bridgehead atoms. The molecule has 35 heavy (non-hydrogen) atoms. The minimum absolute atomic E-state index is 0.176. The molecule has 9 heteroatoms. The van der Waals surface area contributed by atoms with Gasteiger partial charge in [0.1, 0.15) is 12.3 Å². The maximum absolute atomic E-state index is 13.3. The van der Waals surface area contributed by atoms with Crippen molar-refractivity contribution in [2.24, 2.45) is 0 Å². The summed E-state index contributed by atoms with van der Waals surface area (Å²) in [6.07, 6.45) is 0.912. The van der Waals surface area contributed by atoms with E-state index in [9.17, 15) is 9.59 Å². The number of benzene rings is 3. The van der Waals surface area contributed by atoms with Gasteiger partial charge in [-0.15, -0.1) is 5.10 Å². The van der Waals surface area contributed by atoms with Gasteiger partial charge in [-0.25, -0.2) is 18.9 Å². The van der Waals surface area contributed by atoms with Crippen molar-refractivity contribution in [2.45, 2.75) is 26.8 Å². The number of amides is 1. The Labute approximate surface area is 205 Å². The van der Waals surface area contributed by atoms with Crippen molar-refractivity contribution in [3.63, 3.8) is 0 Å². The zero-order valence-corrected chi connectivity index (χ0v) is 19.9. The van der Waals surface area contributed by atoms with Crippen LogP contribution in [0.25, 0.3) is 16.7 Å². The molecule has 2 heterocycles. The second-order valence-electron chi connectivity index (χ2n) is 8.11. The Hall–Kier alpha value is -4.17. The molecule has 1 amide bonds. The Bertz CT molecular complexity index is 1620. The summed E-state index contributed by atoms with van der Waals surface area (Å²) in [5.41, 5.74) is 3.49. The van der Waals surface area contributed by atoms with Gasteiger partial charge >= 0.3 is 5.69 Å². The molecule has 0 radical (unpaired) electrons. The van der Waals surface area contributed by atoms with E-state index < -0.39 is 11.6 Å². The topological polar surface area (TPSA) is 90.5 Å². The van der Waals surface area contributed by atoms with Crippen LogP contribution >= 0.6 is 11.6 Å². The summed E-state index contributed by atoms with van der Waals surface area (Å²) in [7, 11) is 0. The van der Waals surface area contributed by atoms with E-state index in [2.05, 4.69) is 22.3 Å². The number of fused-ring (bicyclic) bond motifs is 3. The van der Waals surface area contributed by atoms with Crippen molar-refractivity contribution in [3.8, 4) is 11.6 Å². The lowest BCUT2D eigenvalue weighted by molar-refractivity contribution is -0.117. The number of nitrogens with zero attached hydrogens (tertiary/aromatic N) is 4. The predicted molar refractivity (Wildman–Crippen MR) is 135 cm³/mol. The number of rotatable bonds is 6. The second-order valence-corrected chi connectivity index (χ2v) is 8.55. The fourth-order valence-electron chi connectivity index (χ4n) is 3.80. The lowest BCUT2D eigenvalue weighted by atomic mass is 10.2. The van der Waals surface area contributed by atoms with Gasteiger partial charge in [-0.2, -0.15) is 0 Å². The first-order valence-electron chi connectivity index (χ1n) is 11.1. The van der Waals surface area contributed by atoms with Crippen LogP contribution in [0, 0.1) is 6.92 Å². The number of carbonyl (C=O) groups is 1. The first-order chi connectivity index (χ1) is 16.9. The number of hydrogen-bond donors (Lipinski definition) is 1. The lowest BCUT2D eigenvalue weighted by Crippen LogP contribution is -2.28. The number of nitrogens with one attached hydrogen (secondary N) is 1. The number of halogens is 1. The fraction of sp³-hybridized carbons (Fsp3) is 0.154. The van der Waals surface area contributed by atoms with Gasteiger partial charge in [0.2, 0.25) is 11.6 Å². The molecule has 1 N–H and O–H groups in total. The summed E-state index contributed by atoms with van der Waals surface area (Å²) in [6.45, 7) is 3.65.